The zero-order valence-electron chi connectivity index (χ0n) is 9.19. The second-order valence-electron chi connectivity index (χ2n) is 3.19. The Hall–Kier alpha value is -1.36. The van der Waals surface area contributed by atoms with E-state index in [0.29, 0.717) is 12.4 Å². The highest BCUT2D eigenvalue weighted by Gasteiger charge is 1.99. The van der Waals surface area contributed by atoms with Crippen LogP contribution >= 0.6 is 0 Å². The average molecular weight is 211 g/mol. The van der Waals surface area contributed by atoms with Crippen LogP contribution in [0, 0.1) is 0 Å². The quantitative estimate of drug-likeness (QED) is 0.685. The lowest BCUT2D eigenvalue weighted by Crippen LogP contribution is -2.28. The molecule has 5 nitrogen and oxygen atoms in total. The predicted molar refractivity (Wildman–Crippen MR) is 58.2 cm³/mol. The standard InChI is InChI=1S/C10H17N3O2/c1-3-6-11-7-8-13-10(14)5-4-9(12-13)15-2/h4-5,11H,3,6-8H2,1-2H3. The first-order chi connectivity index (χ1) is 7.27. The van der Waals surface area contributed by atoms with Gasteiger partial charge in [-0.3, -0.25) is 4.79 Å². The van der Waals surface area contributed by atoms with Crippen molar-refractivity contribution in [2.45, 2.75) is 19.9 Å². The fraction of sp³-hybridized carbons (Fsp3) is 0.600. The number of nitrogens with zero attached hydrogens (tertiary/aromatic N) is 2. The number of nitrogens with one attached hydrogen (secondary N) is 1. The molecule has 0 aliphatic carbocycles. The molecule has 0 spiro atoms. The van der Waals surface area contributed by atoms with E-state index in [2.05, 4.69) is 17.3 Å². The molecule has 0 saturated heterocycles. The monoisotopic (exact) mass is 211 g/mol. The largest absolute Gasteiger partial charge is 0.480 e. The Kier molecular flexibility index (Phi) is 4.83. The van der Waals surface area contributed by atoms with Crippen molar-refractivity contribution in [2.24, 2.45) is 0 Å². The molecule has 0 aliphatic rings. The zero-order chi connectivity index (χ0) is 11.1. The van der Waals surface area contributed by atoms with E-state index < -0.39 is 0 Å². The van der Waals surface area contributed by atoms with Crippen LogP contribution in [-0.4, -0.2) is 30.0 Å². The summed E-state index contributed by atoms with van der Waals surface area (Å²) in [4.78, 5) is 11.4. The third-order valence-electron chi connectivity index (χ3n) is 1.98. The third-order valence-corrected chi connectivity index (χ3v) is 1.98. The number of ether oxygens (including phenoxy) is 1. The van der Waals surface area contributed by atoms with Crippen molar-refractivity contribution in [1.82, 2.24) is 15.1 Å². The van der Waals surface area contributed by atoms with Crippen LogP contribution in [0.4, 0.5) is 0 Å². The van der Waals surface area contributed by atoms with Crippen molar-refractivity contribution in [2.75, 3.05) is 20.2 Å². The van der Waals surface area contributed by atoms with Gasteiger partial charge in [0, 0.05) is 18.7 Å². The van der Waals surface area contributed by atoms with E-state index in [1.807, 2.05) is 0 Å². The maximum Gasteiger partial charge on any atom is 0.267 e. The molecule has 1 heterocycles. The molecule has 84 valence electrons. The van der Waals surface area contributed by atoms with Crippen LogP contribution < -0.4 is 15.6 Å². The normalized spacial score (nSPS) is 10.3. The van der Waals surface area contributed by atoms with Gasteiger partial charge in [-0.2, -0.15) is 0 Å². The van der Waals surface area contributed by atoms with Crippen molar-refractivity contribution in [3.63, 3.8) is 0 Å². The minimum absolute atomic E-state index is 0.103. The Morgan fingerprint density at radius 3 is 2.93 bits per heavy atom. The SMILES string of the molecule is CCCNCCn1nc(OC)ccc1=O. The third kappa shape index (κ3) is 3.71. The summed E-state index contributed by atoms with van der Waals surface area (Å²) in [6, 6.07) is 3.03. The fourth-order valence-corrected chi connectivity index (χ4v) is 1.19. The van der Waals surface area contributed by atoms with Gasteiger partial charge in [0.2, 0.25) is 5.88 Å². The van der Waals surface area contributed by atoms with Gasteiger partial charge in [-0.25, -0.2) is 4.68 Å². The highest BCUT2D eigenvalue weighted by atomic mass is 16.5. The van der Waals surface area contributed by atoms with Gasteiger partial charge in [0.15, 0.2) is 0 Å². The van der Waals surface area contributed by atoms with Gasteiger partial charge in [-0.05, 0) is 13.0 Å². The summed E-state index contributed by atoms with van der Waals surface area (Å²) >= 11 is 0. The molecule has 1 N–H and O–H groups in total. The smallest absolute Gasteiger partial charge is 0.267 e. The Morgan fingerprint density at radius 2 is 2.27 bits per heavy atom. The van der Waals surface area contributed by atoms with Gasteiger partial charge < -0.3 is 10.1 Å². The predicted octanol–water partition coefficient (Wildman–Crippen LogP) is 0.251. The number of methoxy groups -OCH3 is 1. The zero-order valence-corrected chi connectivity index (χ0v) is 9.19. The first-order valence-electron chi connectivity index (χ1n) is 5.10. The molecular weight excluding hydrogens is 194 g/mol. The minimum atomic E-state index is -0.103. The van der Waals surface area contributed by atoms with E-state index in [4.69, 9.17) is 4.74 Å². The van der Waals surface area contributed by atoms with Crippen molar-refractivity contribution in [3.8, 4) is 5.88 Å². The van der Waals surface area contributed by atoms with E-state index >= 15 is 0 Å². The van der Waals surface area contributed by atoms with E-state index in [-0.39, 0.29) is 5.56 Å². The maximum absolute atomic E-state index is 11.4. The van der Waals surface area contributed by atoms with Crippen molar-refractivity contribution in [3.05, 3.63) is 22.5 Å². The molecule has 0 saturated carbocycles. The van der Waals surface area contributed by atoms with Crippen LogP contribution in [0.2, 0.25) is 0 Å². The maximum atomic E-state index is 11.4. The van der Waals surface area contributed by atoms with Gasteiger partial charge in [0.1, 0.15) is 0 Å². The summed E-state index contributed by atoms with van der Waals surface area (Å²) in [5, 5.41) is 7.24. The van der Waals surface area contributed by atoms with Crippen molar-refractivity contribution >= 4 is 0 Å². The van der Waals surface area contributed by atoms with Gasteiger partial charge in [-0.15, -0.1) is 5.10 Å². The van der Waals surface area contributed by atoms with Gasteiger partial charge >= 0.3 is 0 Å². The Morgan fingerprint density at radius 1 is 1.47 bits per heavy atom. The van der Waals surface area contributed by atoms with E-state index in [1.165, 1.54) is 17.9 Å². The van der Waals surface area contributed by atoms with Crippen LogP contribution in [0.1, 0.15) is 13.3 Å². The number of aromatic nitrogens is 2. The Bertz CT molecular complexity index is 349. The fourth-order valence-electron chi connectivity index (χ4n) is 1.19. The van der Waals surface area contributed by atoms with Crippen LogP contribution in [0.15, 0.2) is 16.9 Å². The molecule has 0 fully saturated rings. The summed E-state index contributed by atoms with van der Waals surface area (Å²) in [6.07, 6.45) is 1.08. The van der Waals surface area contributed by atoms with Crippen LogP contribution in [-0.2, 0) is 6.54 Å². The molecule has 0 aliphatic heterocycles. The van der Waals surface area contributed by atoms with E-state index in [9.17, 15) is 4.79 Å². The van der Waals surface area contributed by atoms with Crippen molar-refractivity contribution < 1.29 is 4.74 Å². The molecule has 1 rings (SSSR count). The van der Waals surface area contributed by atoms with Crippen LogP contribution in [0.25, 0.3) is 0 Å². The minimum Gasteiger partial charge on any atom is -0.480 e. The lowest BCUT2D eigenvalue weighted by molar-refractivity contribution is 0.374. The summed E-state index contributed by atoms with van der Waals surface area (Å²) < 4.78 is 6.35. The molecule has 0 bridgehead atoms. The molecule has 5 heteroatoms. The Balaban J connectivity index is 2.55. The molecular formula is C10H17N3O2. The van der Waals surface area contributed by atoms with Gasteiger partial charge in [-0.1, -0.05) is 6.92 Å². The molecule has 1 aromatic rings. The highest BCUT2D eigenvalue weighted by Crippen LogP contribution is 1.98. The summed E-state index contributed by atoms with van der Waals surface area (Å²) in [5.74, 6) is 0.463. The van der Waals surface area contributed by atoms with Crippen LogP contribution in [0.5, 0.6) is 5.88 Å². The molecule has 0 unspecified atom stereocenters. The van der Waals surface area contributed by atoms with E-state index in [0.717, 1.165) is 19.5 Å². The second kappa shape index (κ2) is 6.19. The molecule has 0 atom stereocenters. The number of hydrogen-bond donors (Lipinski definition) is 1. The molecule has 0 aromatic carbocycles. The highest BCUT2D eigenvalue weighted by molar-refractivity contribution is 5.05. The Labute approximate surface area is 89.1 Å². The van der Waals surface area contributed by atoms with Crippen molar-refractivity contribution in [1.29, 1.82) is 0 Å². The van der Waals surface area contributed by atoms with Gasteiger partial charge in [0.25, 0.3) is 5.56 Å². The lowest BCUT2D eigenvalue weighted by atomic mass is 10.4. The first kappa shape index (κ1) is 11.7. The van der Waals surface area contributed by atoms with E-state index in [1.54, 1.807) is 6.07 Å². The molecule has 0 radical (unpaired) electrons. The molecule has 1 aromatic heterocycles. The summed E-state index contributed by atoms with van der Waals surface area (Å²) in [5.41, 5.74) is -0.103. The van der Waals surface area contributed by atoms with Crippen LogP contribution in [0.3, 0.4) is 0 Å². The first-order valence-corrected chi connectivity index (χ1v) is 5.10. The number of hydrogen-bond acceptors (Lipinski definition) is 4. The summed E-state index contributed by atoms with van der Waals surface area (Å²) in [6.45, 7) is 4.37. The summed E-state index contributed by atoms with van der Waals surface area (Å²) in [7, 11) is 1.53. The number of rotatable bonds is 6. The molecule has 15 heavy (non-hydrogen) atoms. The second-order valence-corrected chi connectivity index (χ2v) is 3.19. The molecule has 0 amide bonds. The topological polar surface area (TPSA) is 56.1 Å². The van der Waals surface area contributed by atoms with Gasteiger partial charge in [0.05, 0.1) is 13.7 Å². The average Bonchev–Trinajstić information content (AvgIpc) is 2.26. The lowest BCUT2D eigenvalue weighted by Gasteiger charge is -2.06.